The first-order valence-electron chi connectivity index (χ1n) is 9.59. The molecule has 0 aliphatic heterocycles. The molecule has 0 unspecified atom stereocenters. The molecular weight excluding hydrogens is 428 g/mol. The van der Waals surface area contributed by atoms with Gasteiger partial charge in [0.1, 0.15) is 5.75 Å². The molecule has 2 saturated carbocycles. The van der Waals surface area contributed by atoms with Crippen LogP contribution in [0.1, 0.15) is 31.4 Å². The molecule has 2 aliphatic rings. The molecule has 2 fully saturated rings. The van der Waals surface area contributed by atoms with Gasteiger partial charge in [-0.05, 0) is 43.9 Å². The van der Waals surface area contributed by atoms with E-state index in [1.807, 2.05) is 0 Å². The van der Waals surface area contributed by atoms with Crippen LogP contribution in [0.25, 0.3) is 0 Å². The van der Waals surface area contributed by atoms with E-state index < -0.39 is 10.0 Å². The summed E-state index contributed by atoms with van der Waals surface area (Å²) in [6.07, 6.45) is 3.44. The van der Waals surface area contributed by atoms with E-state index in [-0.39, 0.29) is 40.8 Å². The number of anilines is 2. The maximum Gasteiger partial charge on any atom is 0.240 e. The van der Waals surface area contributed by atoms with Gasteiger partial charge in [-0.3, -0.25) is 9.59 Å². The highest BCUT2D eigenvalue weighted by Crippen LogP contribution is 2.31. The van der Waals surface area contributed by atoms with Crippen LogP contribution in [0.3, 0.4) is 0 Å². The molecule has 2 aromatic rings. The molecule has 30 heavy (non-hydrogen) atoms. The van der Waals surface area contributed by atoms with Gasteiger partial charge in [0.05, 0.1) is 29.8 Å². The number of methoxy groups -OCH3 is 1. The smallest absolute Gasteiger partial charge is 0.240 e. The first-order valence-corrected chi connectivity index (χ1v) is 12.0. The number of aromatic nitrogens is 1. The largest absolute Gasteiger partial charge is 0.495 e. The summed E-state index contributed by atoms with van der Waals surface area (Å²) in [5, 5.41) is 7.62. The molecule has 0 bridgehead atoms. The number of rotatable bonds is 9. The lowest BCUT2D eigenvalue weighted by Crippen LogP contribution is -2.26. The molecular formula is C19H22N4O5S2. The van der Waals surface area contributed by atoms with Gasteiger partial charge < -0.3 is 15.4 Å². The lowest BCUT2D eigenvalue weighted by molar-refractivity contribution is -0.117. The predicted octanol–water partition coefficient (Wildman–Crippen LogP) is 2.12. The number of hydrogen-bond acceptors (Lipinski definition) is 7. The number of benzene rings is 1. The average molecular weight is 451 g/mol. The first-order chi connectivity index (χ1) is 14.3. The second-order valence-electron chi connectivity index (χ2n) is 7.39. The molecule has 1 aromatic heterocycles. The monoisotopic (exact) mass is 450 g/mol. The highest BCUT2D eigenvalue weighted by molar-refractivity contribution is 7.89. The molecule has 0 atom stereocenters. The van der Waals surface area contributed by atoms with E-state index in [2.05, 4.69) is 20.3 Å². The Labute approximate surface area is 178 Å². The highest BCUT2D eigenvalue weighted by atomic mass is 32.2. The van der Waals surface area contributed by atoms with E-state index in [0.717, 1.165) is 25.7 Å². The number of carbonyl (C=O) groups excluding carboxylic acids is 2. The lowest BCUT2D eigenvalue weighted by atomic mass is 10.2. The minimum absolute atomic E-state index is 0.0176. The first kappa shape index (κ1) is 20.8. The van der Waals surface area contributed by atoms with Crippen molar-refractivity contribution in [2.75, 3.05) is 17.7 Å². The van der Waals surface area contributed by atoms with Crippen LogP contribution in [0.2, 0.25) is 0 Å². The minimum atomic E-state index is -3.66. The van der Waals surface area contributed by atoms with Crippen LogP contribution in [0.15, 0.2) is 28.5 Å². The molecule has 4 rings (SSSR count). The fraction of sp³-hybridized carbons (Fsp3) is 0.421. The van der Waals surface area contributed by atoms with Crippen molar-refractivity contribution in [3.63, 3.8) is 0 Å². The van der Waals surface area contributed by atoms with E-state index in [1.165, 1.54) is 36.6 Å². The average Bonchev–Trinajstić information content (AvgIpc) is 3.62. The SMILES string of the molecule is COc1ccc(S(=O)(=O)NC2CC2)cc1NC(=O)Cc1csc(NC(=O)C2CC2)n1. The van der Waals surface area contributed by atoms with Gasteiger partial charge in [0.25, 0.3) is 0 Å². The normalized spacial score (nSPS) is 16.2. The number of sulfonamides is 1. The zero-order valence-corrected chi connectivity index (χ0v) is 17.9. The van der Waals surface area contributed by atoms with Crippen molar-refractivity contribution >= 4 is 44.0 Å². The summed E-state index contributed by atoms with van der Waals surface area (Å²) in [7, 11) is -2.22. The standard InChI is InChI=1S/C19H22N4O5S2/c1-28-16-7-6-14(30(26,27)23-12-4-5-12)9-15(16)21-17(24)8-13-10-29-19(20-13)22-18(25)11-2-3-11/h6-7,9-12,23H,2-5,8H2,1H3,(H,21,24)(H,20,22,25). The topological polar surface area (TPSA) is 126 Å². The van der Waals surface area contributed by atoms with E-state index in [1.54, 1.807) is 5.38 Å². The zero-order chi connectivity index (χ0) is 21.3. The van der Waals surface area contributed by atoms with Crippen molar-refractivity contribution in [1.29, 1.82) is 0 Å². The fourth-order valence-corrected chi connectivity index (χ4v) is 4.84. The summed E-state index contributed by atoms with van der Waals surface area (Å²) in [5.74, 6) is 0.0155. The summed E-state index contributed by atoms with van der Waals surface area (Å²) >= 11 is 1.26. The van der Waals surface area contributed by atoms with Gasteiger partial charge in [0.15, 0.2) is 5.13 Å². The van der Waals surface area contributed by atoms with Crippen molar-refractivity contribution in [3.8, 4) is 5.75 Å². The Bertz CT molecular complexity index is 1070. The van der Waals surface area contributed by atoms with Crippen LogP contribution in [0.4, 0.5) is 10.8 Å². The summed E-state index contributed by atoms with van der Waals surface area (Å²) in [6, 6.07) is 4.30. The second kappa shape index (κ2) is 8.32. The summed E-state index contributed by atoms with van der Waals surface area (Å²) < 4.78 is 32.7. The van der Waals surface area contributed by atoms with Crippen LogP contribution in [-0.2, 0) is 26.0 Å². The third-order valence-corrected chi connectivity index (χ3v) is 7.05. The van der Waals surface area contributed by atoms with E-state index in [4.69, 9.17) is 4.74 Å². The number of nitrogens with one attached hydrogen (secondary N) is 3. The minimum Gasteiger partial charge on any atom is -0.495 e. The Morgan fingerprint density at radius 2 is 1.97 bits per heavy atom. The number of carbonyl (C=O) groups is 2. The van der Waals surface area contributed by atoms with E-state index >= 15 is 0 Å². The van der Waals surface area contributed by atoms with Gasteiger partial charge in [0.2, 0.25) is 21.8 Å². The Balaban J connectivity index is 1.42. The van der Waals surface area contributed by atoms with Gasteiger partial charge in [0, 0.05) is 17.3 Å². The maximum absolute atomic E-state index is 12.5. The molecule has 2 aliphatic carbocycles. The van der Waals surface area contributed by atoms with E-state index in [9.17, 15) is 18.0 Å². The second-order valence-corrected chi connectivity index (χ2v) is 9.96. The molecule has 11 heteroatoms. The van der Waals surface area contributed by atoms with Crippen LogP contribution >= 0.6 is 11.3 Å². The molecule has 1 aromatic carbocycles. The molecule has 160 valence electrons. The van der Waals surface area contributed by atoms with Crippen LogP contribution < -0.4 is 20.1 Å². The van der Waals surface area contributed by atoms with Crippen LogP contribution in [0, 0.1) is 5.92 Å². The number of hydrogen-bond donors (Lipinski definition) is 3. The number of thiazole rings is 1. The highest BCUT2D eigenvalue weighted by Gasteiger charge is 2.30. The van der Waals surface area contributed by atoms with E-state index in [0.29, 0.717) is 16.6 Å². The van der Waals surface area contributed by atoms with Gasteiger partial charge >= 0.3 is 0 Å². The van der Waals surface area contributed by atoms with Crippen molar-refractivity contribution in [2.24, 2.45) is 5.92 Å². The summed E-state index contributed by atoms with van der Waals surface area (Å²) in [4.78, 5) is 28.6. The number of ether oxygens (including phenoxy) is 1. The van der Waals surface area contributed by atoms with Crippen LogP contribution in [0.5, 0.6) is 5.75 Å². The predicted molar refractivity (Wildman–Crippen MR) is 112 cm³/mol. The molecule has 0 saturated heterocycles. The van der Waals surface area contributed by atoms with Crippen molar-refractivity contribution < 1.29 is 22.7 Å². The Hall–Kier alpha value is -2.50. The maximum atomic E-state index is 12.5. The van der Waals surface area contributed by atoms with Gasteiger partial charge in [-0.1, -0.05) is 0 Å². The quantitative estimate of drug-likeness (QED) is 0.537. The Morgan fingerprint density at radius 1 is 1.20 bits per heavy atom. The number of amides is 2. The molecule has 3 N–H and O–H groups in total. The Kier molecular flexibility index (Phi) is 5.76. The van der Waals surface area contributed by atoms with Crippen molar-refractivity contribution in [3.05, 3.63) is 29.3 Å². The molecule has 9 nitrogen and oxygen atoms in total. The van der Waals surface area contributed by atoms with Gasteiger partial charge in [-0.25, -0.2) is 18.1 Å². The number of nitrogens with zero attached hydrogens (tertiary/aromatic N) is 1. The molecule has 2 amide bonds. The van der Waals surface area contributed by atoms with Crippen molar-refractivity contribution in [1.82, 2.24) is 9.71 Å². The lowest BCUT2D eigenvalue weighted by Gasteiger charge is -2.12. The third kappa shape index (κ3) is 5.15. The Morgan fingerprint density at radius 3 is 2.63 bits per heavy atom. The molecule has 0 radical (unpaired) electrons. The zero-order valence-electron chi connectivity index (χ0n) is 16.3. The van der Waals surface area contributed by atoms with Gasteiger partial charge in [-0.2, -0.15) is 0 Å². The molecule has 0 spiro atoms. The fourth-order valence-electron chi connectivity index (χ4n) is 2.80. The van der Waals surface area contributed by atoms with Gasteiger partial charge in [-0.15, -0.1) is 11.3 Å². The molecule has 1 heterocycles. The summed E-state index contributed by atoms with van der Waals surface area (Å²) in [5.41, 5.74) is 0.778. The summed E-state index contributed by atoms with van der Waals surface area (Å²) in [6.45, 7) is 0. The third-order valence-electron chi connectivity index (χ3n) is 4.73. The van der Waals surface area contributed by atoms with Crippen molar-refractivity contribution in [2.45, 2.75) is 43.0 Å². The van der Waals surface area contributed by atoms with Crippen LogP contribution in [-0.4, -0.2) is 38.4 Å².